The number of phenols is 2. The number of nitrogens with zero attached hydrogens (tertiary/aromatic N) is 2. The summed E-state index contributed by atoms with van der Waals surface area (Å²) in [6.07, 6.45) is 0.842. The van der Waals surface area contributed by atoms with Crippen molar-refractivity contribution in [1.82, 2.24) is 0 Å². The van der Waals surface area contributed by atoms with Crippen LogP contribution in [-0.2, 0) is 4.79 Å². The van der Waals surface area contributed by atoms with Gasteiger partial charge in [0.15, 0.2) is 5.75 Å². The van der Waals surface area contributed by atoms with E-state index in [0.29, 0.717) is 0 Å². The van der Waals surface area contributed by atoms with E-state index in [2.05, 4.69) is 0 Å². The summed E-state index contributed by atoms with van der Waals surface area (Å²) in [4.78, 5) is 20.2. The maximum Gasteiger partial charge on any atom is 0.346 e. The molecule has 0 unspecified atom stereocenters. The van der Waals surface area contributed by atoms with E-state index < -0.39 is 33.7 Å². The molecule has 0 bridgehead atoms. The van der Waals surface area contributed by atoms with Crippen molar-refractivity contribution in [3.05, 3.63) is 33.4 Å². The lowest BCUT2D eigenvalue weighted by Gasteiger charge is -2.01. The third kappa shape index (κ3) is 2.53. The van der Waals surface area contributed by atoms with Crippen LogP contribution in [0.4, 0.5) is 5.69 Å². The molecule has 92 valence electrons. The highest BCUT2D eigenvalue weighted by Crippen LogP contribution is 2.36. The van der Waals surface area contributed by atoms with Crippen LogP contribution in [0.5, 0.6) is 11.5 Å². The highest BCUT2D eigenvalue weighted by Gasteiger charge is 2.19. The topological polar surface area (TPSA) is 145 Å². The van der Waals surface area contributed by atoms with Gasteiger partial charge in [-0.3, -0.25) is 10.1 Å². The minimum absolute atomic E-state index is 0.0871. The number of carboxylic acids is 1. The maximum absolute atomic E-state index is 10.6. The fourth-order valence-electron chi connectivity index (χ4n) is 1.16. The molecule has 1 aromatic carbocycles. The number of benzene rings is 1. The minimum Gasteiger partial charge on any atom is -0.504 e. The number of phenolic OH excluding ortho intramolecular Hbond substituents is 2. The van der Waals surface area contributed by atoms with E-state index in [0.717, 1.165) is 18.2 Å². The van der Waals surface area contributed by atoms with Gasteiger partial charge >= 0.3 is 11.7 Å². The van der Waals surface area contributed by atoms with Crippen LogP contribution in [-0.4, -0.2) is 26.2 Å². The van der Waals surface area contributed by atoms with Crippen LogP contribution in [0, 0.1) is 21.4 Å². The summed E-state index contributed by atoms with van der Waals surface area (Å²) in [7, 11) is 0. The second-order valence-corrected chi connectivity index (χ2v) is 3.14. The standard InChI is InChI=1S/C10H6N2O6/c11-4-6(10(15)16)1-5-2-7(12(17)18)9(14)8(13)3-5/h1-3,13-14H,(H,15,16)/b6-1-. The molecule has 0 fully saturated rings. The molecule has 0 aliphatic heterocycles. The number of nitro benzene ring substituents is 1. The number of carboxylic acid groups (broad SMARTS) is 1. The molecule has 8 nitrogen and oxygen atoms in total. The third-order valence-corrected chi connectivity index (χ3v) is 1.95. The van der Waals surface area contributed by atoms with E-state index in [1.807, 2.05) is 0 Å². The van der Waals surface area contributed by atoms with Crippen molar-refractivity contribution in [3.63, 3.8) is 0 Å². The van der Waals surface area contributed by atoms with Crippen molar-refractivity contribution in [2.45, 2.75) is 0 Å². The molecule has 0 heterocycles. The summed E-state index contributed by atoms with van der Waals surface area (Å²) in [6.45, 7) is 0. The van der Waals surface area contributed by atoms with Crippen LogP contribution in [0.1, 0.15) is 5.56 Å². The van der Waals surface area contributed by atoms with E-state index >= 15 is 0 Å². The Morgan fingerprint density at radius 1 is 1.44 bits per heavy atom. The third-order valence-electron chi connectivity index (χ3n) is 1.95. The molecule has 0 aliphatic carbocycles. The Morgan fingerprint density at radius 3 is 2.50 bits per heavy atom. The van der Waals surface area contributed by atoms with Crippen molar-refractivity contribution in [1.29, 1.82) is 5.26 Å². The molecule has 0 saturated carbocycles. The monoisotopic (exact) mass is 250 g/mol. The SMILES string of the molecule is N#C/C(=C/c1cc(O)c(O)c([N+](=O)[O-])c1)C(=O)O. The summed E-state index contributed by atoms with van der Waals surface area (Å²) < 4.78 is 0. The van der Waals surface area contributed by atoms with Crippen molar-refractivity contribution < 1.29 is 25.0 Å². The molecule has 1 aromatic rings. The second-order valence-electron chi connectivity index (χ2n) is 3.14. The lowest BCUT2D eigenvalue weighted by Crippen LogP contribution is -1.97. The van der Waals surface area contributed by atoms with Gasteiger partial charge in [0, 0.05) is 6.07 Å². The number of carbonyl (C=O) groups is 1. The minimum atomic E-state index is -1.51. The van der Waals surface area contributed by atoms with Crippen molar-refractivity contribution in [2.75, 3.05) is 0 Å². The zero-order chi connectivity index (χ0) is 13.9. The first-order valence-electron chi connectivity index (χ1n) is 4.42. The zero-order valence-electron chi connectivity index (χ0n) is 8.69. The average molecular weight is 250 g/mol. The van der Waals surface area contributed by atoms with Gasteiger partial charge in [-0.15, -0.1) is 0 Å². The number of aromatic hydroxyl groups is 2. The molecule has 1 rings (SSSR count). The van der Waals surface area contributed by atoms with E-state index in [1.54, 1.807) is 0 Å². The normalized spacial score (nSPS) is 10.7. The largest absolute Gasteiger partial charge is 0.504 e. The number of nitro groups is 1. The molecule has 18 heavy (non-hydrogen) atoms. The number of nitriles is 1. The number of hydrogen-bond donors (Lipinski definition) is 3. The molecule has 0 amide bonds. The summed E-state index contributed by atoms with van der Waals surface area (Å²) in [6, 6.07) is 3.13. The Labute approximate surface area is 99.8 Å². The summed E-state index contributed by atoms with van der Waals surface area (Å²) in [5.41, 5.74) is -1.53. The van der Waals surface area contributed by atoms with Crippen LogP contribution in [0.25, 0.3) is 6.08 Å². The van der Waals surface area contributed by atoms with Gasteiger partial charge in [0.2, 0.25) is 5.75 Å². The van der Waals surface area contributed by atoms with Gasteiger partial charge in [-0.2, -0.15) is 5.26 Å². The predicted molar refractivity (Wildman–Crippen MR) is 57.7 cm³/mol. The summed E-state index contributed by atoms with van der Waals surface area (Å²) >= 11 is 0. The molecule has 0 aromatic heterocycles. The Kier molecular flexibility index (Phi) is 3.49. The Hall–Kier alpha value is -3.08. The van der Waals surface area contributed by atoms with Gasteiger partial charge < -0.3 is 15.3 Å². The molecule has 8 heteroatoms. The first-order chi connectivity index (χ1) is 8.36. The molecule has 0 saturated heterocycles. The highest BCUT2D eigenvalue weighted by atomic mass is 16.6. The van der Waals surface area contributed by atoms with Crippen LogP contribution < -0.4 is 0 Å². The van der Waals surface area contributed by atoms with Gasteiger partial charge in [0.25, 0.3) is 0 Å². The fraction of sp³-hybridized carbons (Fsp3) is 0. The van der Waals surface area contributed by atoms with Gasteiger partial charge in [-0.05, 0) is 17.7 Å². The zero-order valence-corrected chi connectivity index (χ0v) is 8.69. The summed E-state index contributed by atoms with van der Waals surface area (Å²) in [5.74, 6) is -3.21. The maximum atomic E-state index is 10.6. The molecule has 0 atom stereocenters. The molecular weight excluding hydrogens is 244 g/mol. The summed E-state index contributed by atoms with van der Waals surface area (Å²) in [5, 5.41) is 46.1. The van der Waals surface area contributed by atoms with E-state index in [4.69, 9.17) is 10.4 Å². The van der Waals surface area contributed by atoms with Crippen molar-refractivity contribution >= 4 is 17.7 Å². The molecule has 3 N–H and O–H groups in total. The smallest absolute Gasteiger partial charge is 0.346 e. The highest BCUT2D eigenvalue weighted by molar-refractivity contribution is 5.96. The molecule has 0 aliphatic rings. The second kappa shape index (κ2) is 4.84. The van der Waals surface area contributed by atoms with Gasteiger partial charge in [0.05, 0.1) is 4.92 Å². The lowest BCUT2D eigenvalue weighted by molar-refractivity contribution is -0.386. The number of rotatable bonds is 3. The molecule has 0 radical (unpaired) electrons. The van der Waals surface area contributed by atoms with Gasteiger partial charge in [-0.1, -0.05) is 0 Å². The van der Waals surface area contributed by atoms with Gasteiger partial charge in [0.1, 0.15) is 11.6 Å². The Bertz CT molecular complexity index is 599. The Morgan fingerprint density at radius 2 is 2.06 bits per heavy atom. The van der Waals surface area contributed by atoms with Crippen LogP contribution in [0.2, 0.25) is 0 Å². The number of aliphatic carboxylic acids is 1. The van der Waals surface area contributed by atoms with Crippen LogP contribution in [0.15, 0.2) is 17.7 Å². The first kappa shape index (κ1) is 13.0. The molecule has 0 spiro atoms. The van der Waals surface area contributed by atoms with Crippen molar-refractivity contribution in [3.8, 4) is 17.6 Å². The predicted octanol–water partition coefficient (Wildman–Crippen LogP) is 0.998. The van der Waals surface area contributed by atoms with E-state index in [9.17, 15) is 25.1 Å². The number of hydrogen-bond acceptors (Lipinski definition) is 6. The average Bonchev–Trinajstić information content (AvgIpc) is 2.29. The van der Waals surface area contributed by atoms with E-state index in [-0.39, 0.29) is 5.56 Å². The van der Waals surface area contributed by atoms with Gasteiger partial charge in [-0.25, -0.2) is 4.79 Å². The lowest BCUT2D eigenvalue weighted by atomic mass is 10.1. The Balaban J connectivity index is 3.41. The molecular formula is C10H6N2O6. The fourth-order valence-corrected chi connectivity index (χ4v) is 1.16. The first-order valence-corrected chi connectivity index (χ1v) is 4.42. The van der Waals surface area contributed by atoms with Crippen LogP contribution >= 0.6 is 0 Å². The van der Waals surface area contributed by atoms with Crippen molar-refractivity contribution in [2.24, 2.45) is 0 Å². The van der Waals surface area contributed by atoms with E-state index in [1.165, 1.54) is 6.07 Å². The quantitative estimate of drug-likeness (QED) is 0.238. The van der Waals surface area contributed by atoms with Crippen LogP contribution in [0.3, 0.4) is 0 Å².